The van der Waals surface area contributed by atoms with E-state index in [1.807, 2.05) is 6.07 Å². The zero-order chi connectivity index (χ0) is 22.0. The van der Waals surface area contributed by atoms with Gasteiger partial charge in [0.15, 0.2) is 5.69 Å². The number of hydrogen-bond donors (Lipinski definition) is 1. The first kappa shape index (κ1) is 20.7. The first-order valence-electron chi connectivity index (χ1n) is 8.48. The minimum Gasteiger partial charge on any atom is -0.464 e. The molecule has 1 aromatic heterocycles. The molecule has 0 bridgehead atoms. The molecule has 0 spiro atoms. The molecule has 0 radical (unpaired) electrons. The molecule has 0 saturated carbocycles. The summed E-state index contributed by atoms with van der Waals surface area (Å²) in [6.45, 7) is 1.78. The van der Waals surface area contributed by atoms with Gasteiger partial charge < -0.3 is 19.8 Å². The van der Waals surface area contributed by atoms with Gasteiger partial charge in [-0.25, -0.2) is 4.79 Å². The Labute approximate surface area is 176 Å². The van der Waals surface area contributed by atoms with Crippen LogP contribution in [0.4, 0.5) is 11.4 Å². The number of aryl methyl sites for hydroxylation is 1. The molecule has 1 heterocycles. The van der Waals surface area contributed by atoms with Crippen molar-refractivity contribution in [3.63, 3.8) is 0 Å². The number of nitrogen functional groups attached to an aromatic ring is 1. The molecule has 0 amide bonds. The summed E-state index contributed by atoms with van der Waals surface area (Å²) in [6, 6.07) is 10.8. The van der Waals surface area contributed by atoms with Crippen LogP contribution in [0.5, 0.6) is 11.5 Å². The van der Waals surface area contributed by atoms with Crippen molar-refractivity contribution >= 4 is 28.9 Å². The lowest BCUT2D eigenvalue weighted by Gasteiger charge is -2.12. The molecule has 0 saturated heterocycles. The average Bonchev–Trinajstić information content (AvgIpc) is 3.05. The Bertz CT molecular complexity index is 1210. The van der Waals surface area contributed by atoms with Crippen LogP contribution in [0.1, 0.15) is 21.6 Å². The third-order valence-electron chi connectivity index (χ3n) is 4.27. The van der Waals surface area contributed by atoms with Gasteiger partial charge in [-0.1, -0.05) is 11.6 Å². The van der Waals surface area contributed by atoms with Gasteiger partial charge in [-0.2, -0.15) is 5.26 Å². The molecule has 0 aliphatic heterocycles. The smallest absolute Gasteiger partial charge is 0.357 e. The van der Waals surface area contributed by atoms with E-state index in [1.54, 1.807) is 25.1 Å². The summed E-state index contributed by atoms with van der Waals surface area (Å²) in [7, 11) is 1.16. The fraction of sp³-hybridized carbons (Fsp3) is 0.100. The second-order valence-electron chi connectivity index (χ2n) is 6.23. The van der Waals surface area contributed by atoms with Gasteiger partial charge in [0.1, 0.15) is 17.6 Å². The van der Waals surface area contributed by atoms with Gasteiger partial charge in [-0.3, -0.25) is 10.1 Å². The number of benzene rings is 2. The van der Waals surface area contributed by atoms with E-state index in [-0.39, 0.29) is 34.1 Å². The number of anilines is 1. The number of carbonyl (C=O) groups is 1. The SMILES string of the molecule is COC(=O)c1c(N)c(C#N)cn1-c1cc(Oc2ccc(Cl)cc2C)cc([N+](=O)[O-])c1. The van der Waals surface area contributed by atoms with E-state index in [4.69, 9.17) is 26.8 Å². The number of aromatic nitrogens is 1. The molecule has 30 heavy (non-hydrogen) atoms. The number of carbonyl (C=O) groups excluding carboxylic acids is 1. The minimum absolute atomic E-state index is 0.0259. The fourth-order valence-corrected chi connectivity index (χ4v) is 3.07. The molecule has 3 rings (SSSR count). The molecule has 0 fully saturated rings. The van der Waals surface area contributed by atoms with E-state index in [2.05, 4.69) is 0 Å². The standard InChI is InChI=1S/C20H15ClN4O5/c1-11-5-13(21)3-4-17(11)30-16-7-14(6-15(8-16)25(27)28)24-10-12(9-22)18(23)19(24)20(26)29-2/h3-8,10H,23H2,1-2H3. The van der Waals surface area contributed by atoms with Crippen LogP contribution in [0.25, 0.3) is 5.69 Å². The van der Waals surface area contributed by atoms with Crippen molar-refractivity contribution in [2.75, 3.05) is 12.8 Å². The van der Waals surface area contributed by atoms with Gasteiger partial charge in [0, 0.05) is 23.4 Å². The maximum absolute atomic E-state index is 12.2. The van der Waals surface area contributed by atoms with Crippen LogP contribution in [0.3, 0.4) is 0 Å². The number of hydrogen-bond acceptors (Lipinski definition) is 7. The van der Waals surface area contributed by atoms with Crippen LogP contribution in [-0.4, -0.2) is 22.6 Å². The molecule has 10 heteroatoms. The summed E-state index contributed by atoms with van der Waals surface area (Å²) in [5, 5.41) is 21.2. The summed E-state index contributed by atoms with van der Waals surface area (Å²) in [4.78, 5) is 23.1. The summed E-state index contributed by atoms with van der Waals surface area (Å²) < 4.78 is 11.8. The second kappa shape index (κ2) is 8.14. The van der Waals surface area contributed by atoms with Crippen molar-refractivity contribution in [3.05, 3.63) is 74.6 Å². The Morgan fingerprint density at radius 1 is 1.30 bits per heavy atom. The van der Waals surface area contributed by atoms with Crippen molar-refractivity contribution in [2.45, 2.75) is 6.92 Å². The number of non-ortho nitro benzene ring substituents is 1. The van der Waals surface area contributed by atoms with Gasteiger partial charge in [-0.05, 0) is 30.7 Å². The normalized spacial score (nSPS) is 10.3. The van der Waals surface area contributed by atoms with E-state index < -0.39 is 10.9 Å². The molecule has 3 aromatic rings. The number of methoxy groups -OCH3 is 1. The number of nitrogens with two attached hydrogens (primary N) is 1. The van der Waals surface area contributed by atoms with Gasteiger partial charge in [-0.15, -0.1) is 0 Å². The molecule has 0 unspecified atom stereocenters. The van der Waals surface area contributed by atoms with E-state index in [1.165, 1.54) is 29.0 Å². The highest BCUT2D eigenvalue weighted by Crippen LogP contribution is 2.33. The Morgan fingerprint density at radius 3 is 2.63 bits per heavy atom. The van der Waals surface area contributed by atoms with Gasteiger partial charge in [0.25, 0.3) is 5.69 Å². The maximum Gasteiger partial charge on any atom is 0.357 e. The maximum atomic E-state index is 12.2. The molecule has 0 atom stereocenters. The summed E-state index contributed by atoms with van der Waals surface area (Å²) in [5.74, 6) is -0.202. The number of nitriles is 1. The van der Waals surface area contributed by atoms with Crippen LogP contribution in [0.15, 0.2) is 42.6 Å². The summed E-state index contributed by atoms with van der Waals surface area (Å²) >= 11 is 5.95. The van der Waals surface area contributed by atoms with Gasteiger partial charge in [0.05, 0.1) is 35.0 Å². The first-order valence-corrected chi connectivity index (χ1v) is 8.86. The second-order valence-corrected chi connectivity index (χ2v) is 6.67. The third-order valence-corrected chi connectivity index (χ3v) is 4.51. The highest BCUT2D eigenvalue weighted by molar-refractivity contribution is 6.30. The third kappa shape index (κ3) is 3.90. The van der Waals surface area contributed by atoms with Crippen molar-refractivity contribution in [3.8, 4) is 23.3 Å². The predicted molar refractivity (Wildman–Crippen MR) is 109 cm³/mol. The molecule has 2 N–H and O–H groups in total. The Balaban J connectivity index is 2.18. The van der Waals surface area contributed by atoms with E-state index in [9.17, 15) is 20.2 Å². The minimum atomic E-state index is -0.795. The zero-order valence-electron chi connectivity index (χ0n) is 15.9. The zero-order valence-corrected chi connectivity index (χ0v) is 16.6. The fourth-order valence-electron chi connectivity index (χ4n) is 2.84. The molecular formula is C20H15ClN4O5. The number of rotatable bonds is 5. The van der Waals surface area contributed by atoms with E-state index in [0.717, 1.165) is 12.7 Å². The van der Waals surface area contributed by atoms with Crippen LogP contribution in [0.2, 0.25) is 5.02 Å². The van der Waals surface area contributed by atoms with Gasteiger partial charge >= 0.3 is 5.97 Å². The lowest BCUT2D eigenvalue weighted by atomic mass is 10.2. The lowest BCUT2D eigenvalue weighted by Crippen LogP contribution is -2.11. The number of halogens is 1. The van der Waals surface area contributed by atoms with Crippen LogP contribution < -0.4 is 10.5 Å². The topological polar surface area (TPSA) is 133 Å². The molecule has 9 nitrogen and oxygen atoms in total. The van der Waals surface area contributed by atoms with Crippen LogP contribution in [-0.2, 0) is 4.74 Å². The van der Waals surface area contributed by atoms with Crippen molar-refractivity contribution in [2.24, 2.45) is 0 Å². The lowest BCUT2D eigenvalue weighted by molar-refractivity contribution is -0.384. The van der Waals surface area contributed by atoms with Crippen molar-refractivity contribution in [1.29, 1.82) is 5.26 Å². The van der Waals surface area contributed by atoms with Gasteiger partial charge in [0.2, 0.25) is 0 Å². The molecule has 0 aliphatic carbocycles. The molecular weight excluding hydrogens is 412 g/mol. The first-order chi connectivity index (χ1) is 14.2. The predicted octanol–water partition coefficient (Wildman–Crippen LogP) is 4.38. The quantitative estimate of drug-likeness (QED) is 0.363. The Kier molecular flexibility index (Phi) is 5.62. The van der Waals surface area contributed by atoms with Crippen molar-refractivity contribution in [1.82, 2.24) is 4.57 Å². The number of ether oxygens (including phenoxy) is 2. The van der Waals surface area contributed by atoms with Crippen LogP contribution in [0, 0.1) is 28.4 Å². The largest absolute Gasteiger partial charge is 0.464 e. The Morgan fingerprint density at radius 2 is 2.03 bits per heavy atom. The van der Waals surface area contributed by atoms with E-state index in [0.29, 0.717) is 10.8 Å². The molecule has 2 aromatic carbocycles. The number of nitro groups is 1. The summed E-state index contributed by atoms with van der Waals surface area (Å²) in [5.41, 5.74) is 6.35. The molecule has 152 valence electrons. The monoisotopic (exact) mass is 426 g/mol. The summed E-state index contributed by atoms with van der Waals surface area (Å²) in [6.07, 6.45) is 1.30. The number of nitrogens with zero attached hydrogens (tertiary/aromatic N) is 3. The number of esters is 1. The highest BCUT2D eigenvalue weighted by atomic mass is 35.5. The number of nitro benzene ring substituents is 1. The Hall–Kier alpha value is -4.03. The van der Waals surface area contributed by atoms with Crippen molar-refractivity contribution < 1.29 is 19.2 Å². The van der Waals surface area contributed by atoms with E-state index >= 15 is 0 Å². The average molecular weight is 427 g/mol. The molecule has 0 aliphatic rings. The highest BCUT2D eigenvalue weighted by Gasteiger charge is 2.23. The van der Waals surface area contributed by atoms with Crippen LogP contribution >= 0.6 is 11.6 Å².